The van der Waals surface area contributed by atoms with Gasteiger partial charge < -0.3 is 9.47 Å². The lowest BCUT2D eigenvalue weighted by atomic mass is 10.1. The largest absolute Gasteiger partial charge is 0.354 e. The van der Waals surface area contributed by atoms with Gasteiger partial charge in [-0.3, -0.25) is 0 Å². The van der Waals surface area contributed by atoms with E-state index in [9.17, 15) is 0 Å². The van der Waals surface area contributed by atoms with Crippen molar-refractivity contribution in [3.05, 3.63) is 30.0 Å². The zero-order chi connectivity index (χ0) is 11.1. The molecule has 82 valence electrons. The summed E-state index contributed by atoms with van der Waals surface area (Å²) in [4.78, 5) is 6.83. The number of hydrogen-bond donors (Lipinski definition) is 0. The van der Waals surface area contributed by atoms with Crippen molar-refractivity contribution in [1.29, 1.82) is 0 Å². The summed E-state index contributed by atoms with van der Waals surface area (Å²) in [6.45, 7) is 4.21. The molecule has 2 aromatic rings. The van der Waals surface area contributed by atoms with Gasteiger partial charge in [-0.2, -0.15) is 0 Å². The number of anilines is 1. The highest BCUT2D eigenvalue weighted by Crippen LogP contribution is 2.33. The summed E-state index contributed by atoms with van der Waals surface area (Å²) in [5.74, 6) is 1.29. The van der Waals surface area contributed by atoms with E-state index in [0.717, 1.165) is 18.7 Å². The summed E-state index contributed by atoms with van der Waals surface area (Å²) in [6.07, 6.45) is 6.29. The molecule has 1 aliphatic rings. The summed E-state index contributed by atoms with van der Waals surface area (Å²) in [6, 6.07) is 4.14. The zero-order valence-corrected chi connectivity index (χ0v) is 9.64. The van der Waals surface area contributed by atoms with Gasteiger partial charge in [0, 0.05) is 37.3 Å². The first-order valence-electron chi connectivity index (χ1n) is 5.68. The van der Waals surface area contributed by atoms with Crippen LogP contribution in [0.25, 0.3) is 17.1 Å². The van der Waals surface area contributed by atoms with E-state index in [1.807, 2.05) is 12.3 Å². The SMILES string of the molecule is CCN1CC=Cc2c1n(C)c1ncccc21. The second-order valence-corrected chi connectivity index (χ2v) is 4.11. The first kappa shape index (κ1) is 9.46. The van der Waals surface area contributed by atoms with Gasteiger partial charge in [-0.05, 0) is 19.1 Å². The average molecular weight is 213 g/mol. The third kappa shape index (κ3) is 1.11. The molecular formula is C13H15N3. The number of hydrogen-bond acceptors (Lipinski definition) is 2. The van der Waals surface area contributed by atoms with Gasteiger partial charge in [0.25, 0.3) is 0 Å². The van der Waals surface area contributed by atoms with Gasteiger partial charge in [0.1, 0.15) is 11.5 Å². The van der Waals surface area contributed by atoms with Crippen LogP contribution in [0.15, 0.2) is 24.4 Å². The van der Waals surface area contributed by atoms with Crippen LogP contribution in [0.1, 0.15) is 12.5 Å². The number of aryl methyl sites for hydroxylation is 1. The van der Waals surface area contributed by atoms with E-state index in [2.05, 4.69) is 46.6 Å². The standard InChI is InChI=1S/C13H15N3/c1-3-16-9-5-7-11-10-6-4-8-14-12(10)15(2)13(11)16/h4-8H,3,9H2,1-2H3. The van der Waals surface area contributed by atoms with E-state index in [4.69, 9.17) is 0 Å². The van der Waals surface area contributed by atoms with E-state index < -0.39 is 0 Å². The van der Waals surface area contributed by atoms with Crippen molar-refractivity contribution in [3.8, 4) is 0 Å². The number of pyridine rings is 1. The maximum Gasteiger partial charge on any atom is 0.141 e. The van der Waals surface area contributed by atoms with Crippen molar-refractivity contribution in [2.24, 2.45) is 7.05 Å². The molecule has 0 amide bonds. The number of rotatable bonds is 1. The zero-order valence-electron chi connectivity index (χ0n) is 9.64. The summed E-state index contributed by atoms with van der Waals surface area (Å²) in [7, 11) is 2.09. The molecular weight excluding hydrogens is 198 g/mol. The Kier molecular flexibility index (Phi) is 1.99. The first-order chi connectivity index (χ1) is 7.83. The minimum Gasteiger partial charge on any atom is -0.354 e. The lowest BCUT2D eigenvalue weighted by molar-refractivity contribution is 0.819. The molecule has 0 atom stereocenters. The third-order valence-corrected chi connectivity index (χ3v) is 3.24. The van der Waals surface area contributed by atoms with Gasteiger partial charge in [-0.15, -0.1) is 0 Å². The van der Waals surface area contributed by atoms with Gasteiger partial charge in [-0.1, -0.05) is 12.2 Å². The molecule has 0 aliphatic carbocycles. The Hall–Kier alpha value is -1.77. The lowest BCUT2D eigenvalue weighted by Crippen LogP contribution is -2.27. The molecule has 16 heavy (non-hydrogen) atoms. The molecule has 0 radical (unpaired) electrons. The number of aromatic nitrogens is 2. The van der Waals surface area contributed by atoms with Crippen molar-refractivity contribution in [3.63, 3.8) is 0 Å². The second kappa shape index (κ2) is 3.37. The molecule has 0 spiro atoms. The van der Waals surface area contributed by atoms with Gasteiger partial charge in [-0.25, -0.2) is 4.98 Å². The molecule has 0 unspecified atom stereocenters. The smallest absolute Gasteiger partial charge is 0.141 e. The summed E-state index contributed by atoms with van der Waals surface area (Å²) in [5, 5.41) is 1.24. The molecule has 0 bridgehead atoms. The van der Waals surface area contributed by atoms with E-state index in [1.54, 1.807) is 0 Å². The van der Waals surface area contributed by atoms with E-state index in [1.165, 1.54) is 16.8 Å². The highest BCUT2D eigenvalue weighted by molar-refractivity contribution is 5.95. The second-order valence-electron chi connectivity index (χ2n) is 4.11. The van der Waals surface area contributed by atoms with E-state index in [0.29, 0.717) is 0 Å². The Labute approximate surface area is 95.0 Å². The van der Waals surface area contributed by atoms with Crippen molar-refractivity contribution >= 4 is 22.9 Å². The molecule has 0 N–H and O–H groups in total. The molecule has 3 nitrogen and oxygen atoms in total. The van der Waals surface area contributed by atoms with Crippen LogP contribution < -0.4 is 4.90 Å². The lowest BCUT2D eigenvalue weighted by Gasteiger charge is -2.25. The fraction of sp³-hybridized carbons (Fsp3) is 0.308. The highest BCUT2D eigenvalue weighted by atomic mass is 15.2. The van der Waals surface area contributed by atoms with Crippen LogP contribution in [0.5, 0.6) is 0 Å². The summed E-state index contributed by atoms with van der Waals surface area (Å²) >= 11 is 0. The molecule has 3 heteroatoms. The Morgan fingerprint density at radius 2 is 2.31 bits per heavy atom. The molecule has 3 rings (SSSR count). The van der Waals surface area contributed by atoms with E-state index in [-0.39, 0.29) is 0 Å². The van der Waals surface area contributed by atoms with Crippen LogP contribution in [0.4, 0.5) is 5.82 Å². The van der Waals surface area contributed by atoms with Crippen LogP contribution >= 0.6 is 0 Å². The van der Waals surface area contributed by atoms with Crippen LogP contribution in [0.2, 0.25) is 0 Å². The highest BCUT2D eigenvalue weighted by Gasteiger charge is 2.20. The van der Waals surface area contributed by atoms with Gasteiger partial charge in [0.15, 0.2) is 0 Å². The first-order valence-corrected chi connectivity index (χ1v) is 5.68. The monoisotopic (exact) mass is 213 g/mol. The predicted molar refractivity (Wildman–Crippen MR) is 67.6 cm³/mol. The summed E-state index contributed by atoms with van der Waals surface area (Å²) in [5.41, 5.74) is 2.37. The van der Waals surface area contributed by atoms with E-state index >= 15 is 0 Å². The van der Waals surface area contributed by atoms with Crippen molar-refractivity contribution in [2.45, 2.75) is 6.92 Å². The Morgan fingerprint density at radius 1 is 1.44 bits per heavy atom. The summed E-state index contributed by atoms with van der Waals surface area (Å²) < 4.78 is 2.19. The number of nitrogens with zero attached hydrogens (tertiary/aromatic N) is 3. The van der Waals surface area contributed by atoms with Crippen LogP contribution in [-0.4, -0.2) is 22.6 Å². The fourth-order valence-electron chi connectivity index (χ4n) is 2.49. The quantitative estimate of drug-likeness (QED) is 0.725. The third-order valence-electron chi connectivity index (χ3n) is 3.24. The van der Waals surface area contributed by atoms with Gasteiger partial charge in [0.2, 0.25) is 0 Å². The molecule has 0 saturated heterocycles. The molecule has 2 aromatic heterocycles. The Morgan fingerprint density at radius 3 is 3.12 bits per heavy atom. The molecule has 1 aliphatic heterocycles. The Balaban J connectivity index is 2.38. The molecule has 0 fully saturated rings. The number of likely N-dealkylation sites (N-methyl/N-ethyl adjacent to an activating group) is 1. The predicted octanol–water partition coefficient (Wildman–Crippen LogP) is 2.43. The maximum atomic E-state index is 4.46. The van der Waals surface area contributed by atoms with Crippen LogP contribution in [-0.2, 0) is 7.05 Å². The van der Waals surface area contributed by atoms with Crippen molar-refractivity contribution in [1.82, 2.24) is 9.55 Å². The van der Waals surface area contributed by atoms with Gasteiger partial charge in [0.05, 0.1) is 0 Å². The molecule has 0 aromatic carbocycles. The molecule has 3 heterocycles. The van der Waals surface area contributed by atoms with Crippen molar-refractivity contribution < 1.29 is 0 Å². The normalized spacial score (nSPS) is 14.5. The number of fused-ring (bicyclic) bond motifs is 3. The van der Waals surface area contributed by atoms with Crippen molar-refractivity contribution in [2.75, 3.05) is 18.0 Å². The average Bonchev–Trinajstić information content (AvgIpc) is 2.64. The minimum absolute atomic E-state index is 0.994. The Bertz CT molecular complexity index is 566. The minimum atomic E-state index is 0.994. The maximum absolute atomic E-state index is 4.46. The molecule has 0 saturated carbocycles. The van der Waals surface area contributed by atoms with Crippen LogP contribution in [0.3, 0.4) is 0 Å². The fourth-order valence-corrected chi connectivity index (χ4v) is 2.49. The van der Waals surface area contributed by atoms with Crippen LogP contribution in [0, 0.1) is 0 Å². The van der Waals surface area contributed by atoms with Gasteiger partial charge >= 0.3 is 0 Å². The topological polar surface area (TPSA) is 21.1 Å².